The molecule has 1 N–H and O–H groups in total. The highest BCUT2D eigenvalue weighted by molar-refractivity contribution is 5.95. The average Bonchev–Trinajstić information content (AvgIpc) is 2.75. The van der Waals surface area contributed by atoms with Crippen molar-refractivity contribution in [3.05, 3.63) is 76.6 Å². The van der Waals surface area contributed by atoms with E-state index >= 15 is 0 Å². The largest absolute Gasteiger partial charge is 0.497 e. The van der Waals surface area contributed by atoms with Gasteiger partial charge in [-0.15, -0.1) is 0 Å². The van der Waals surface area contributed by atoms with Crippen molar-refractivity contribution in [3.63, 3.8) is 0 Å². The fourth-order valence-corrected chi connectivity index (χ4v) is 2.83. The van der Waals surface area contributed by atoms with Crippen LogP contribution in [0.2, 0.25) is 0 Å². The topological polar surface area (TPSA) is 76.5 Å². The summed E-state index contributed by atoms with van der Waals surface area (Å²) < 4.78 is 6.52. The summed E-state index contributed by atoms with van der Waals surface area (Å²) in [6.07, 6.45) is 0. The van der Waals surface area contributed by atoms with E-state index in [-0.39, 0.29) is 18.0 Å². The van der Waals surface area contributed by atoms with Crippen LogP contribution in [-0.2, 0) is 6.54 Å². The number of rotatable bonds is 7. The molecule has 7 heteroatoms. The molecule has 0 aliphatic heterocycles. The lowest BCUT2D eigenvalue weighted by molar-refractivity contribution is 0.0952. The van der Waals surface area contributed by atoms with Crippen molar-refractivity contribution >= 4 is 11.6 Å². The van der Waals surface area contributed by atoms with Crippen LogP contribution in [0.25, 0.3) is 11.3 Å². The summed E-state index contributed by atoms with van der Waals surface area (Å²) in [4.78, 5) is 26.5. The number of ether oxygens (including phenoxy) is 1. The fraction of sp³-hybridized carbons (Fsp3) is 0.227. The van der Waals surface area contributed by atoms with Gasteiger partial charge in [0.05, 0.1) is 19.3 Å². The second-order valence-corrected chi connectivity index (χ2v) is 6.71. The van der Waals surface area contributed by atoms with E-state index in [0.29, 0.717) is 17.8 Å². The molecule has 0 fully saturated rings. The third kappa shape index (κ3) is 5.01. The molecule has 0 radical (unpaired) electrons. The molecule has 2 aromatic carbocycles. The highest BCUT2D eigenvalue weighted by Gasteiger charge is 2.08. The third-order valence-electron chi connectivity index (χ3n) is 4.49. The monoisotopic (exact) mass is 392 g/mol. The molecule has 0 bridgehead atoms. The van der Waals surface area contributed by atoms with Crippen molar-refractivity contribution in [1.82, 2.24) is 15.1 Å². The molecule has 0 saturated carbocycles. The summed E-state index contributed by atoms with van der Waals surface area (Å²) in [6, 6.07) is 18.0. The normalized spacial score (nSPS) is 10.4. The van der Waals surface area contributed by atoms with Gasteiger partial charge in [-0.2, -0.15) is 5.10 Å². The maximum absolute atomic E-state index is 12.4. The summed E-state index contributed by atoms with van der Waals surface area (Å²) in [5.74, 6) is 0.566. The highest BCUT2D eigenvalue weighted by atomic mass is 16.5. The van der Waals surface area contributed by atoms with Gasteiger partial charge in [-0.25, -0.2) is 4.68 Å². The zero-order valence-corrected chi connectivity index (χ0v) is 16.8. The lowest BCUT2D eigenvalue weighted by Crippen LogP contribution is -2.32. The van der Waals surface area contributed by atoms with Crippen molar-refractivity contribution in [2.45, 2.75) is 6.54 Å². The first-order valence-electron chi connectivity index (χ1n) is 9.26. The van der Waals surface area contributed by atoms with Crippen LogP contribution in [0.5, 0.6) is 5.75 Å². The molecule has 0 saturated heterocycles. The predicted molar refractivity (Wildman–Crippen MR) is 114 cm³/mol. The molecule has 3 rings (SSSR count). The van der Waals surface area contributed by atoms with Crippen molar-refractivity contribution in [2.24, 2.45) is 0 Å². The van der Waals surface area contributed by atoms with E-state index in [9.17, 15) is 9.59 Å². The van der Waals surface area contributed by atoms with Crippen LogP contribution in [0.1, 0.15) is 10.4 Å². The minimum atomic E-state index is -0.217. The number of benzene rings is 2. The molecule has 150 valence electrons. The van der Waals surface area contributed by atoms with Crippen LogP contribution in [0.15, 0.2) is 65.5 Å². The average molecular weight is 392 g/mol. The summed E-state index contributed by atoms with van der Waals surface area (Å²) in [7, 11) is 5.45. The molecular formula is C22H24N4O3. The van der Waals surface area contributed by atoms with Crippen LogP contribution in [0.3, 0.4) is 0 Å². The zero-order valence-electron chi connectivity index (χ0n) is 16.8. The molecule has 0 aliphatic carbocycles. The summed E-state index contributed by atoms with van der Waals surface area (Å²) in [5, 5.41) is 7.25. The molecule has 0 spiro atoms. The van der Waals surface area contributed by atoms with E-state index < -0.39 is 0 Å². The molecule has 29 heavy (non-hydrogen) atoms. The van der Waals surface area contributed by atoms with E-state index in [1.54, 1.807) is 19.2 Å². The molecule has 7 nitrogen and oxygen atoms in total. The van der Waals surface area contributed by atoms with E-state index in [1.807, 2.05) is 61.5 Å². The molecule has 1 heterocycles. The number of hydrogen-bond acceptors (Lipinski definition) is 5. The zero-order chi connectivity index (χ0) is 20.8. The number of hydrogen-bond donors (Lipinski definition) is 1. The minimum absolute atomic E-state index is 0.187. The van der Waals surface area contributed by atoms with Gasteiger partial charge in [-0.3, -0.25) is 9.59 Å². The van der Waals surface area contributed by atoms with Crippen molar-refractivity contribution in [3.8, 4) is 17.0 Å². The molecule has 0 atom stereocenters. The Balaban J connectivity index is 1.66. The Hall–Kier alpha value is -3.61. The van der Waals surface area contributed by atoms with Gasteiger partial charge in [0.1, 0.15) is 5.75 Å². The van der Waals surface area contributed by atoms with Gasteiger partial charge in [0, 0.05) is 43.5 Å². The number of anilines is 1. The fourth-order valence-electron chi connectivity index (χ4n) is 2.83. The predicted octanol–water partition coefficient (Wildman–Crippen LogP) is 2.41. The molecule has 0 aliphatic rings. The Labute approximate surface area is 169 Å². The number of amides is 1. The molecular weight excluding hydrogens is 368 g/mol. The number of methoxy groups -OCH3 is 1. The first kappa shape index (κ1) is 20.1. The lowest BCUT2D eigenvalue weighted by atomic mass is 10.1. The van der Waals surface area contributed by atoms with E-state index in [2.05, 4.69) is 10.4 Å². The van der Waals surface area contributed by atoms with Crippen LogP contribution >= 0.6 is 0 Å². The Bertz CT molecular complexity index is 1040. The standard InChI is InChI=1S/C22H24N4O3/c1-25(2)18-6-4-5-17(15-18)22(28)23-13-14-26-21(27)12-11-20(24-26)16-7-9-19(29-3)10-8-16/h4-12,15H,13-14H2,1-3H3,(H,23,28). The Morgan fingerprint density at radius 3 is 2.55 bits per heavy atom. The van der Waals surface area contributed by atoms with E-state index in [1.165, 1.54) is 10.7 Å². The van der Waals surface area contributed by atoms with Gasteiger partial charge >= 0.3 is 0 Å². The summed E-state index contributed by atoms with van der Waals surface area (Å²) in [6.45, 7) is 0.575. The highest BCUT2D eigenvalue weighted by Crippen LogP contribution is 2.19. The quantitative estimate of drug-likeness (QED) is 0.668. The van der Waals surface area contributed by atoms with Crippen molar-refractivity contribution < 1.29 is 9.53 Å². The molecule has 3 aromatic rings. The van der Waals surface area contributed by atoms with Gasteiger partial charge in [0.15, 0.2) is 0 Å². The number of aromatic nitrogens is 2. The van der Waals surface area contributed by atoms with Gasteiger partial charge in [0.25, 0.3) is 11.5 Å². The maximum atomic E-state index is 12.4. The van der Waals surface area contributed by atoms with Gasteiger partial charge < -0.3 is 15.0 Å². The van der Waals surface area contributed by atoms with Crippen LogP contribution in [0.4, 0.5) is 5.69 Å². The molecule has 0 unspecified atom stereocenters. The number of carbonyl (C=O) groups excluding carboxylic acids is 1. The van der Waals surface area contributed by atoms with E-state index in [0.717, 1.165) is 17.0 Å². The smallest absolute Gasteiger partial charge is 0.266 e. The number of nitrogens with zero attached hydrogens (tertiary/aromatic N) is 3. The molecule has 1 aromatic heterocycles. The maximum Gasteiger partial charge on any atom is 0.266 e. The first-order valence-corrected chi connectivity index (χ1v) is 9.26. The number of nitrogens with one attached hydrogen (secondary N) is 1. The van der Waals surface area contributed by atoms with E-state index in [4.69, 9.17) is 4.74 Å². The Morgan fingerprint density at radius 1 is 1.10 bits per heavy atom. The Kier molecular flexibility index (Phi) is 6.29. The Morgan fingerprint density at radius 2 is 1.86 bits per heavy atom. The van der Waals surface area contributed by atoms with Gasteiger partial charge in [-0.05, 0) is 48.5 Å². The number of carbonyl (C=O) groups is 1. The second kappa shape index (κ2) is 9.05. The first-order chi connectivity index (χ1) is 14.0. The third-order valence-corrected chi connectivity index (χ3v) is 4.49. The van der Waals surface area contributed by atoms with Gasteiger partial charge in [-0.1, -0.05) is 6.07 Å². The van der Waals surface area contributed by atoms with Crippen LogP contribution in [-0.4, -0.2) is 43.4 Å². The SMILES string of the molecule is COc1ccc(-c2ccc(=O)n(CCNC(=O)c3cccc(N(C)C)c3)n2)cc1. The lowest BCUT2D eigenvalue weighted by Gasteiger charge is -2.13. The minimum Gasteiger partial charge on any atom is -0.497 e. The van der Waals surface area contributed by atoms with Crippen LogP contribution in [0, 0.1) is 0 Å². The van der Waals surface area contributed by atoms with Gasteiger partial charge in [0.2, 0.25) is 0 Å². The van der Waals surface area contributed by atoms with Crippen LogP contribution < -0.4 is 20.5 Å². The second-order valence-electron chi connectivity index (χ2n) is 6.71. The summed E-state index contributed by atoms with van der Waals surface area (Å²) >= 11 is 0. The van der Waals surface area contributed by atoms with Crippen molar-refractivity contribution in [2.75, 3.05) is 32.6 Å². The van der Waals surface area contributed by atoms with Crippen molar-refractivity contribution in [1.29, 1.82) is 0 Å². The summed E-state index contributed by atoms with van der Waals surface area (Å²) in [5.41, 5.74) is 2.86. The molecule has 1 amide bonds.